The molecule has 0 radical (unpaired) electrons. The summed E-state index contributed by atoms with van der Waals surface area (Å²) < 4.78 is 34.1. The first-order valence-electron chi connectivity index (χ1n) is 13.2. The fourth-order valence-electron chi connectivity index (χ4n) is 5.28. The number of fused-ring (bicyclic) bond motifs is 1. The van der Waals surface area contributed by atoms with Crippen LogP contribution in [0, 0.1) is 11.8 Å². The van der Waals surface area contributed by atoms with Crippen LogP contribution in [-0.2, 0) is 21.2 Å². The minimum Gasteiger partial charge on any atom is -0.453 e. The number of likely N-dealkylation sites (tertiary alicyclic amines) is 1. The number of aryl methyl sites for hydroxylation is 1. The third-order valence-corrected chi connectivity index (χ3v) is 9.11. The number of aliphatic hydroxyl groups is 1. The van der Waals surface area contributed by atoms with Crippen LogP contribution in [0.15, 0.2) is 47.4 Å². The standard InChI is InChI=1S/C28H39N3O5S/c1-5-21-6-8-23(9-7-21)31(17-20(2)3)37(34,35)24-10-11-26-25(16-24)27(32)13-15-29(26)18-22-12-14-30(19-22)28(33)36-4/h6-11,16,20,22,27,32H,5,12-15,17-19H2,1-4H3. The van der Waals surface area contributed by atoms with Crippen molar-refractivity contribution in [1.29, 1.82) is 0 Å². The molecule has 2 aliphatic heterocycles. The van der Waals surface area contributed by atoms with Crippen LogP contribution in [0.5, 0.6) is 0 Å². The Bertz CT molecular complexity index is 1200. The number of sulfonamides is 1. The van der Waals surface area contributed by atoms with Gasteiger partial charge in [0, 0.05) is 44.0 Å². The van der Waals surface area contributed by atoms with Crippen LogP contribution in [0.3, 0.4) is 0 Å². The van der Waals surface area contributed by atoms with Crippen molar-refractivity contribution in [2.24, 2.45) is 11.8 Å². The van der Waals surface area contributed by atoms with Gasteiger partial charge in [-0.15, -0.1) is 0 Å². The number of hydrogen-bond donors (Lipinski definition) is 1. The summed E-state index contributed by atoms with van der Waals surface area (Å²) in [6, 6.07) is 12.8. The van der Waals surface area contributed by atoms with Gasteiger partial charge < -0.3 is 19.6 Å². The Morgan fingerprint density at radius 3 is 2.51 bits per heavy atom. The summed E-state index contributed by atoms with van der Waals surface area (Å²) in [6.07, 6.45) is 1.27. The van der Waals surface area contributed by atoms with Gasteiger partial charge >= 0.3 is 6.09 Å². The molecule has 1 fully saturated rings. The van der Waals surface area contributed by atoms with Crippen LogP contribution in [0.2, 0.25) is 0 Å². The van der Waals surface area contributed by atoms with Gasteiger partial charge in [0.25, 0.3) is 10.0 Å². The number of benzene rings is 2. The fourth-order valence-corrected chi connectivity index (χ4v) is 6.94. The highest BCUT2D eigenvalue weighted by Crippen LogP contribution is 2.37. The Hall–Kier alpha value is -2.78. The molecule has 9 heteroatoms. The van der Waals surface area contributed by atoms with E-state index in [9.17, 15) is 18.3 Å². The van der Waals surface area contributed by atoms with E-state index in [0.29, 0.717) is 49.8 Å². The number of nitrogens with zero attached hydrogens (tertiary/aromatic N) is 3. The van der Waals surface area contributed by atoms with Crippen molar-refractivity contribution < 1.29 is 23.1 Å². The van der Waals surface area contributed by atoms with E-state index in [-0.39, 0.29) is 16.9 Å². The van der Waals surface area contributed by atoms with E-state index in [1.807, 2.05) is 44.2 Å². The summed E-state index contributed by atoms with van der Waals surface area (Å²) in [5.74, 6) is 0.425. The van der Waals surface area contributed by atoms with Gasteiger partial charge in [0.15, 0.2) is 0 Å². The molecule has 2 aliphatic rings. The second-order valence-corrected chi connectivity index (χ2v) is 12.4. The zero-order valence-corrected chi connectivity index (χ0v) is 23.1. The lowest BCUT2D eigenvalue weighted by Gasteiger charge is -2.36. The topological polar surface area (TPSA) is 90.4 Å². The van der Waals surface area contributed by atoms with E-state index in [0.717, 1.165) is 30.6 Å². The molecule has 2 unspecified atom stereocenters. The summed E-state index contributed by atoms with van der Waals surface area (Å²) in [4.78, 5) is 16.0. The molecule has 2 heterocycles. The second kappa shape index (κ2) is 11.3. The maximum absolute atomic E-state index is 13.9. The smallest absolute Gasteiger partial charge is 0.409 e. The summed E-state index contributed by atoms with van der Waals surface area (Å²) in [5, 5.41) is 10.8. The molecule has 202 valence electrons. The van der Waals surface area contributed by atoms with Crippen LogP contribution in [0.4, 0.5) is 16.2 Å². The second-order valence-electron chi connectivity index (χ2n) is 10.5. The lowest BCUT2D eigenvalue weighted by Crippen LogP contribution is -2.37. The predicted octanol–water partition coefficient (Wildman–Crippen LogP) is 4.43. The summed E-state index contributed by atoms with van der Waals surface area (Å²) in [5.41, 5.74) is 3.29. The highest BCUT2D eigenvalue weighted by atomic mass is 32.2. The molecule has 1 saturated heterocycles. The summed E-state index contributed by atoms with van der Waals surface area (Å²) in [7, 11) is -2.44. The van der Waals surface area contributed by atoms with Crippen LogP contribution < -0.4 is 9.21 Å². The maximum atomic E-state index is 13.9. The number of hydrogen-bond acceptors (Lipinski definition) is 6. The first-order valence-corrected chi connectivity index (χ1v) is 14.6. The summed E-state index contributed by atoms with van der Waals surface area (Å²) >= 11 is 0. The third kappa shape index (κ3) is 5.88. The highest BCUT2D eigenvalue weighted by molar-refractivity contribution is 7.92. The normalized spacial score (nSPS) is 19.7. The van der Waals surface area contributed by atoms with Crippen molar-refractivity contribution in [3.63, 3.8) is 0 Å². The Kier molecular flexibility index (Phi) is 8.33. The van der Waals surface area contributed by atoms with Crippen LogP contribution in [0.25, 0.3) is 0 Å². The zero-order valence-electron chi connectivity index (χ0n) is 22.3. The molecule has 0 aromatic heterocycles. The van der Waals surface area contributed by atoms with Crippen LogP contribution in [0.1, 0.15) is 50.8 Å². The van der Waals surface area contributed by atoms with Gasteiger partial charge in [-0.05, 0) is 67.0 Å². The molecule has 0 saturated carbocycles. The van der Waals surface area contributed by atoms with Crippen molar-refractivity contribution in [1.82, 2.24) is 4.90 Å². The van der Waals surface area contributed by atoms with Gasteiger partial charge in [-0.25, -0.2) is 13.2 Å². The average Bonchev–Trinajstić information content (AvgIpc) is 3.37. The lowest BCUT2D eigenvalue weighted by atomic mass is 9.97. The molecule has 4 rings (SSSR count). The van der Waals surface area contributed by atoms with Gasteiger partial charge in [-0.3, -0.25) is 4.31 Å². The Morgan fingerprint density at radius 1 is 1.14 bits per heavy atom. The SMILES string of the molecule is CCc1ccc(N(CC(C)C)S(=O)(=O)c2ccc3c(c2)C(O)CCN3CC2CCN(C(=O)OC)C2)cc1. The van der Waals surface area contributed by atoms with Crippen LogP contribution >= 0.6 is 0 Å². The van der Waals surface area contributed by atoms with Crippen molar-refractivity contribution >= 4 is 27.5 Å². The first-order chi connectivity index (χ1) is 17.6. The third-order valence-electron chi connectivity index (χ3n) is 7.32. The van der Waals surface area contributed by atoms with Crippen molar-refractivity contribution in [2.45, 2.75) is 51.0 Å². The number of ether oxygens (including phenoxy) is 1. The van der Waals surface area contributed by atoms with Gasteiger partial charge in [0.2, 0.25) is 0 Å². The van der Waals surface area contributed by atoms with Gasteiger partial charge in [-0.2, -0.15) is 0 Å². The fraction of sp³-hybridized carbons (Fsp3) is 0.536. The first kappa shape index (κ1) is 27.3. The minimum atomic E-state index is -3.84. The lowest BCUT2D eigenvalue weighted by molar-refractivity contribution is 0.131. The average molecular weight is 530 g/mol. The van der Waals surface area contributed by atoms with Gasteiger partial charge in [-0.1, -0.05) is 32.9 Å². The van der Waals surface area contributed by atoms with Crippen molar-refractivity contribution in [3.05, 3.63) is 53.6 Å². The van der Waals surface area contributed by atoms with E-state index in [4.69, 9.17) is 4.74 Å². The minimum absolute atomic E-state index is 0.135. The zero-order chi connectivity index (χ0) is 26.7. The molecular formula is C28H39N3O5S. The number of aliphatic hydroxyl groups excluding tert-OH is 1. The molecule has 0 aliphatic carbocycles. The Balaban J connectivity index is 1.60. The molecule has 0 spiro atoms. The molecule has 2 atom stereocenters. The number of carbonyl (C=O) groups is 1. The molecule has 1 amide bonds. The molecular weight excluding hydrogens is 490 g/mol. The maximum Gasteiger partial charge on any atom is 0.409 e. The molecule has 0 bridgehead atoms. The largest absolute Gasteiger partial charge is 0.453 e. The number of amides is 1. The Labute approximate surface area is 220 Å². The molecule has 2 aromatic carbocycles. The quantitative estimate of drug-likeness (QED) is 0.544. The molecule has 8 nitrogen and oxygen atoms in total. The van der Waals surface area contributed by atoms with Gasteiger partial charge in [0.1, 0.15) is 0 Å². The molecule has 1 N–H and O–H groups in total. The highest BCUT2D eigenvalue weighted by Gasteiger charge is 2.33. The van der Waals surface area contributed by atoms with E-state index < -0.39 is 16.1 Å². The van der Waals surface area contributed by atoms with E-state index in [1.54, 1.807) is 17.0 Å². The van der Waals surface area contributed by atoms with E-state index >= 15 is 0 Å². The number of anilines is 2. The molecule has 37 heavy (non-hydrogen) atoms. The van der Waals surface area contributed by atoms with Gasteiger partial charge in [0.05, 0.1) is 23.8 Å². The predicted molar refractivity (Wildman–Crippen MR) is 146 cm³/mol. The van der Waals surface area contributed by atoms with E-state index in [1.165, 1.54) is 11.4 Å². The van der Waals surface area contributed by atoms with Crippen molar-refractivity contribution in [3.8, 4) is 0 Å². The number of methoxy groups -OCH3 is 1. The summed E-state index contributed by atoms with van der Waals surface area (Å²) in [6.45, 7) is 9.15. The number of rotatable bonds is 8. The van der Waals surface area contributed by atoms with E-state index in [2.05, 4.69) is 11.8 Å². The monoisotopic (exact) mass is 529 g/mol. The Morgan fingerprint density at radius 2 is 1.86 bits per heavy atom. The number of carbonyl (C=O) groups excluding carboxylic acids is 1. The van der Waals surface area contributed by atoms with Crippen LogP contribution in [-0.4, -0.2) is 64.4 Å². The molecule has 2 aromatic rings. The van der Waals surface area contributed by atoms with Crippen molar-refractivity contribution in [2.75, 3.05) is 49.0 Å².